The first-order chi connectivity index (χ1) is 9.70. The molecule has 1 atom stereocenters. The van der Waals surface area contributed by atoms with Gasteiger partial charge in [-0.15, -0.1) is 0 Å². The number of sulfone groups is 1. The quantitative estimate of drug-likeness (QED) is 0.812. The molecule has 120 valence electrons. The fourth-order valence-corrected chi connectivity index (χ4v) is 8.72. The van der Waals surface area contributed by atoms with Gasteiger partial charge in [0.2, 0.25) is 0 Å². The van der Waals surface area contributed by atoms with E-state index in [1.165, 1.54) is 25.6 Å². The first-order valence-electron chi connectivity index (χ1n) is 6.21. The summed E-state index contributed by atoms with van der Waals surface area (Å²) in [6.45, 7) is 3.12. The van der Waals surface area contributed by atoms with Crippen molar-refractivity contribution in [3.05, 3.63) is 15.4 Å². The molecule has 1 N–H and O–H groups in total. The molecule has 11 heteroatoms. The fraction of sp³-hybridized carbons (Fsp3) is 0.700. The molecule has 1 fully saturated rings. The van der Waals surface area contributed by atoms with E-state index in [4.69, 9.17) is 0 Å². The Hall–Kier alpha value is -0.360. The maximum Gasteiger partial charge on any atom is 0.305 e. The van der Waals surface area contributed by atoms with Crippen molar-refractivity contribution in [2.24, 2.45) is 0 Å². The first kappa shape index (κ1) is 17.0. The van der Waals surface area contributed by atoms with Gasteiger partial charge in [-0.25, -0.2) is 16.8 Å². The van der Waals surface area contributed by atoms with Crippen LogP contribution in [0.3, 0.4) is 0 Å². The van der Waals surface area contributed by atoms with E-state index in [0.29, 0.717) is 17.1 Å². The number of aromatic amines is 1. The van der Waals surface area contributed by atoms with Crippen LogP contribution >= 0.6 is 23.1 Å². The lowest BCUT2D eigenvalue weighted by Gasteiger charge is -2.33. The Balaban J connectivity index is 2.51. The summed E-state index contributed by atoms with van der Waals surface area (Å²) in [6, 6.07) is 0. The van der Waals surface area contributed by atoms with Crippen LogP contribution in [0.5, 0.6) is 0 Å². The molecule has 0 amide bonds. The minimum absolute atomic E-state index is 0.101. The molecule has 0 bridgehead atoms. The average molecular weight is 373 g/mol. The molecule has 0 radical (unpaired) electrons. The van der Waals surface area contributed by atoms with Crippen molar-refractivity contribution in [2.75, 3.05) is 23.8 Å². The number of rotatable bonds is 4. The average Bonchev–Trinajstić information content (AvgIpc) is 2.78. The van der Waals surface area contributed by atoms with Gasteiger partial charge in [-0.1, -0.05) is 18.3 Å². The van der Waals surface area contributed by atoms with E-state index in [0.717, 1.165) is 4.31 Å². The summed E-state index contributed by atoms with van der Waals surface area (Å²) in [5.74, 6) is 0.633. The number of aryl methyl sites for hydroxylation is 1. The molecular weight excluding hydrogens is 356 g/mol. The van der Waals surface area contributed by atoms with Crippen molar-refractivity contribution in [1.29, 1.82) is 0 Å². The lowest BCUT2D eigenvalue weighted by molar-refractivity contribution is 0.404. The van der Waals surface area contributed by atoms with Crippen molar-refractivity contribution < 1.29 is 16.8 Å². The van der Waals surface area contributed by atoms with E-state index < -0.39 is 30.1 Å². The second kappa shape index (κ2) is 6.03. The molecule has 1 aliphatic heterocycles. The lowest BCUT2D eigenvalue weighted by Crippen LogP contribution is -2.50. The molecule has 0 aliphatic carbocycles. The van der Waals surface area contributed by atoms with Crippen LogP contribution in [0.25, 0.3) is 0 Å². The Morgan fingerprint density at radius 2 is 2.00 bits per heavy atom. The van der Waals surface area contributed by atoms with Crippen LogP contribution in [-0.4, -0.2) is 55.3 Å². The standard InChI is InChI=1S/C10H16N2O5S4/c1-3-20(14,15)8-6-18-5-4-12(8)21(16,17)9-7(2)11-10(13)19-9/h8H,3-6H2,1-2H3,(H,11,13). The van der Waals surface area contributed by atoms with Crippen molar-refractivity contribution in [3.8, 4) is 0 Å². The number of sulfonamides is 1. The second-order valence-electron chi connectivity index (χ2n) is 4.52. The van der Waals surface area contributed by atoms with Crippen molar-refractivity contribution in [1.82, 2.24) is 9.29 Å². The van der Waals surface area contributed by atoms with E-state index in [2.05, 4.69) is 4.98 Å². The topological polar surface area (TPSA) is 104 Å². The Kier molecular flexibility index (Phi) is 4.88. The van der Waals surface area contributed by atoms with Gasteiger partial charge in [0, 0.05) is 29.5 Å². The summed E-state index contributed by atoms with van der Waals surface area (Å²) in [4.78, 5) is 13.3. The summed E-state index contributed by atoms with van der Waals surface area (Å²) >= 11 is 2.01. The summed E-state index contributed by atoms with van der Waals surface area (Å²) in [5.41, 5.74) is 0.246. The summed E-state index contributed by atoms with van der Waals surface area (Å²) in [7, 11) is -7.51. The first-order valence-corrected chi connectivity index (χ1v) is 11.3. The highest BCUT2D eigenvalue weighted by molar-refractivity contribution is 8.01. The van der Waals surface area contributed by atoms with Gasteiger partial charge in [0.1, 0.15) is 5.37 Å². The predicted molar refractivity (Wildman–Crippen MR) is 84.1 cm³/mol. The smallest absolute Gasteiger partial charge is 0.305 e. The van der Waals surface area contributed by atoms with E-state index >= 15 is 0 Å². The van der Waals surface area contributed by atoms with Gasteiger partial charge >= 0.3 is 4.87 Å². The third-order valence-electron chi connectivity index (χ3n) is 3.18. The normalized spacial score (nSPS) is 21.5. The number of hydrogen-bond acceptors (Lipinski definition) is 7. The van der Waals surface area contributed by atoms with Gasteiger partial charge in [-0.05, 0) is 6.92 Å². The lowest BCUT2D eigenvalue weighted by atomic mass is 10.6. The summed E-state index contributed by atoms with van der Waals surface area (Å²) in [6.07, 6.45) is 0. The number of nitrogens with zero attached hydrogens (tertiary/aromatic N) is 1. The van der Waals surface area contributed by atoms with Crippen molar-refractivity contribution in [2.45, 2.75) is 23.4 Å². The van der Waals surface area contributed by atoms with Gasteiger partial charge in [0.05, 0.1) is 0 Å². The van der Waals surface area contributed by atoms with Crippen LogP contribution < -0.4 is 4.87 Å². The number of H-pyrrole nitrogens is 1. The molecule has 1 aromatic rings. The number of aromatic nitrogens is 1. The molecule has 7 nitrogen and oxygen atoms in total. The van der Waals surface area contributed by atoms with Gasteiger partial charge in [-0.2, -0.15) is 16.1 Å². The largest absolute Gasteiger partial charge is 0.315 e. The van der Waals surface area contributed by atoms with Crippen molar-refractivity contribution >= 4 is 43.0 Å². The monoisotopic (exact) mass is 372 g/mol. The highest BCUT2D eigenvalue weighted by Crippen LogP contribution is 2.29. The Bertz CT molecular complexity index is 777. The molecule has 1 unspecified atom stereocenters. The van der Waals surface area contributed by atoms with Crippen molar-refractivity contribution in [3.63, 3.8) is 0 Å². The van der Waals surface area contributed by atoms with E-state index in [-0.39, 0.29) is 28.0 Å². The van der Waals surface area contributed by atoms with E-state index in [1.807, 2.05) is 0 Å². The highest BCUT2D eigenvalue weighted by Gasteiger charge is 2.41. The molecule has 1 aromatic heterocycles. The third kappa shape index (κ3) is 3.21. The molecular formula is C10H16N2O5S4. The summed E-state index contributed by atoms with van der Waals surface area (Å²) in [5, 5.41) is -1.07. The van der Waals surface area contributed by atoms with Gasteiger partial charge < -0.3 is 4.98 Å². The fourth-order valence-electron chi connectivity index (χ4n) is 2.06. The van der Waals surface area contributed by atoms with Crippen LogP contribution in [0.1, 0.15) is 12.6 Å². The third-order valence-corrected chi connectivity index (χ3v) is 10.1. The second-order valence-corrected chi connectivity index (χ2v) is 11.2. The van der Waals surface area contributed by atoms with E-state index in [1.54, 1.807) is 0 Å². The van der Waals surface area contributed by atoms with Gasteiger partial charge in [0.25, 0.3) is 10.0 Å². The SMILES string of the molecule is CCS(=O)(=O)C1CSCCN1S(=O)(=O)c1sc(=O)[nH]c1C. The maximum atomic E-state index is 12.7. The van der Waals surface area contributed by atoms with Crippen LogP contribution in [0.15, 0.2) is 9.00 Å². The summed E-state index contributed by atoms with van der Waals surface area (Å²) < 4.78 is 50.6. The Morgan fingerprint density at radius 3 is 2.52 bits per heavy atom. The van der Waals surface area contributed by atoms with E-state index in [9.17, 15) is 21.6 Å². The van der Waals surface area contributed by atoms with Crippen LogP contribution in [-0.2, 0) is 19.9 Å². The number of hydrogen-bond donors (Lipinski definition) is 1. The number of thiazole rings is 1. The minimum atomic E-state index is -3.99. The highest BCUT2D eigenvalue weighted by atomic mass is 32.2. The van der Waals surface area contributed by atoms with Crippen LogP contribution in [0, 0.1) is 6.92 Å². The van der Waals surface area contributed by atoms with Gasteiger partial charge in [-0.3, -0.25) is 4.79 Å². The molecule has 2 rings (SSSR count). The molecule has 0 spiro atoms. The molecule has 1 aliphatic rings. The zero-order valence-electron chi connectivity index (χ0n) is 11.5. The molecule has 0 saturated carbocycles. The molecule has 2 heterocycles. The zero-order chi connectivity index (χ0) is 15.8. The minimum Gasteiger partial charge on any atom is -0.315 e. The number of thioether (sulfide) groups is 1. The number of nitrogens with one attached hydrogen (secondary N) is 1. The molecule has 21 heavy (non-hydrogen) atoms. The van der Waals surface area contributed by atoms with Gasteiger partial charge in [0.15, 0.2) is 14.0 Å². The maximum absolute atomic E-state index is 12.7. The Morgan fingerprint density at radius 1 is 1.33 bits per heavy atom. The predicted octanol–water partition coefficient (Wildman–Crippen LogP) is 0.243. The molecule has 0 aromatic carbocycles. The Labute approximate surface area is 131 Å². The van der Waals surface area contributed by atoms with Crippen LogP contribution in [0.2, 0.25) is 0 Å². The zero-order valence-corrected chi connectivity index (χ0v) is 14.8. The molecule has 1 saturated heterocycles. The van der Waals surface area contributed by atoms with Crippen LogP contribution in [0.4, 0.5) is 0 Å².